The summed E-state index contributed by atoms with van der Waals surface area (Å²) in [5.74, 6) is 0.922. The molecule has 4 unspecified atom stereocenters. The first-order chi connectivity index (χ1) is 10.0. The highest BCUT2D eigenvalue weighted by Crippen LogP contribution is 2.40. The van der Waals surface area contributed by atoms with Crippen LogP contribution in [0.3, 0.4) is 0 Å². The molecule has 0 heterocycles. The predicted molar refractivity (Wildman–Crippen MR) is 83.1 cm³/mol. The molecule has 0 radical (unpaired) electrons. The Morgan fingerprint density at radius 2 is 1.76 bits per heavy atom. The molecule has 1 aliphatic carbocycles. The molecule has 1 aliphatic rings. The molecule has 118 valence electrons. The van der Waals surface area contributed by atoms with Gasteiger partial charge in [0.15, 0.2) is 0 Å². The molecule has 4 atom stereocenters. The van der Waals surface area contributed by atoms with Gasteiger partial charge < -0.3 is 5.32 Å². The zero-order chi connectivity index (χ0) is 15.4. The Balaban J connectivity index is 2.21. The van der Waals surface area contributed by atoms with Gasteiger partial charge in [0.05, 0.1) is 0 Å². The molecular weight excluding hydrogens is 268 g/mol. The highest BCUT2D eigenvalue weighted by atomic mass is 19.1. The number of benzene rings is 1. The number of rotatable bonds is 5. The molecule has 0 saturated heterocycles. The van der Waals surface area contributed by atoms with E-state index in [1.54, 1.807) is 0 Å². The lowest BCUT2D eigenvalue weighted by molar-refractivity contribution is 0.171. The minimum absolute atomic E-state index is 0.0603. The molecule has 0 amide bonds. The molecule has 0 aromatic heterocycles. The fourth-order valence-electron chi connectivity index (χ4n) is 3.50. The van der Waals surface area contributed by atoms with Crippen LogP contribution >= 0.6 is 0 Å². The zero-order valence-corrected chi connectivity index (χ0v) is 13.3. The molecule has 1 fully saturated rings. The Morgan fingerprint density at radius 3 is 2.33 bits per heavy atom. The van der Waals surface area contributed by atoms with Crippen LogP contribution in [0.25, 0.3) is 0 Å². The maximum absolute atomic E-state index is 13.5. The summed E-state index contributed by atoms with van der Waals surface area (Å²) in [5.41, 5.74) is 0.757. The molecule has 1 aromatic rings. The van der Waals surface area contributed by atoms with Gasteiger partial charge in [0.2, 0.25) is 0 Å². The Bertz CT molecular complexity index is 440. The highest BCUT2D eigenvalue weighted by Gasteiger charge is 2.31. The SMILES string of the molecule is CCCNC(c1cc(F)cc(F)c1)C1CCC(C)C(C)C1. The molecule has 1 saturated carbocycles. The quantitative estimate of drug-likeness (QED) is 0.799. The zero-order valence-electron chi connectivity index (χ0n) is 13.3. The van der Waals surface area contributed by atoms with Crippen molar-refractivity contribution >= 4 is 0 Å². The summed E-state index contributed by atoms with van der Waals surface area (Å²) in [5, 5.41) is 3.51. The maximum atomic E-state index is 13.5. The van der Waals surface area contributed by atoms with E-state index < -0.39 is 11.6 Å². The van der Waals surface area contributed by atoms with Gasteiger partial charge >= 0.3 is 0 Å². The van der Waals surface area contributed by atoms with Gasteiger partial charge in [-0.05, 0) is 61.3 Å². The standard InChI is InChI=1S/C18H27F2N/c1-4-7-21-18(14-6-5-12(2)13(3)8-14)15-9-16(19)11-17(20)10-15/h9-14,18,21H,4-8H2,1-3H3. The largest absolute Gasteiger partial charge is 0.310 e. The third-order valence-corrected chi connectivity index (χ3v) is 4.97. The lowest BCUT2D eigenvalue weighted by Gasteiger charge is -2.37. The Labute approximate surface area is 127 Å². The van der Waals surface area contributed by atoms with Crippen molar-refractivity contribution in [1.82, 2.24) is 5.32 Å². The van der Waals surface area contributed by atoms with E-state index in [1.807, 2.05) is 0 Å². The van der Waals surface area contributed by atoms with Crippen molar-refractivity contribution in [3.8, 4) is 0 Å². The van der Waals surface area contributed by atoms with E-state index in [0.29, 0.717) is 11.8 Å². The molecule has 1 aromatic carbocycles. The van der Waals surface area contributed by atoms with Gasteiger partial charge in [0.1, 0.15) is 11.6 Å². The van der Waals surface area contributed by atoms with Gasteiger partial charge in [-0.25, -0.2) is 8.78 Å². The molecule has 0 aliphatic heterocycles. The van der Waals surface area contributed by atoms with Gasteiger partial charge in [-0.1, -0.05) is 27.2 Å². The van der Waals surface area contributed by atoms with E-state index in [1.165, 1.54) is 18.6 Å². The van der Waals surface area contributed by atoms with Crippen LogP contribution in [-0.2, 0) is 0 Å². The van der Waals surface area contributed by atoms with Crippen molar-refractivity contribution in [2.24, 2.45) is 17.8 Å². The first-order valence-corrected chi connectivity index (χ1v) is 8.20. The van der Waals surface area contributed by atoms with Crippen molar-refractivity contribution in [2.45, 2.75) is 52.5 Å². The first-order valence-electron chi connectivity index (χ1n) is 8.20. The minimum atomic E-state index is -0.481. The minimum Gasteiger partial charge on any atom is -0.310 e. The first kappa shape index (κ1) is 16.4. The topological polar surface area (TPSA) is 12.0 Å². The van der Waals surface area contributed by atoms with Gasteiger partial charge in [-0.15, -0.1) is 0 Å². The molecule has 1 N–H and O–H groups in total. The van der Waals surface area contributed by atoms with Gasteiger partial charge in [-0.3, -0.25) is 0 Å². The fraction of sp³-hybridized carbons (Fsp3) is 0.667. The van der Waals surface area contributed by atoms with Crippen LogP contribution in [-0.4, -0.2) is 6.54 Å². The van der Waals surface area contributed by atoms with Crippen LogP contribution in [0.5, 0.6) is 0 Å². The summed E-state index contributed by atoms with van der Waals surface area (Å²) in [6, 6.07) is 3.98. The second-order valence-electron chi connectivity index (χ2n) is 6.66. The normalized spacial score (nSPS) is 27.6. The van der Waals surface area contributed by atoms with E-state index in [0.717, 1.165) is 43.4 Å². The number of hydrogen-bond acceptors (Lipinski definition) is 1. The van der Waals surface area contributed by atoms with Crippen molar-refractivity contribution < 1.29 is 8.78 Å². The van der Waals surface area contributed by atoms with Crippen LogP contribution in [0.1, 0.15) is 58.1 Å². The molecule has 0 spiro atoms. The van der Waals surface area contributed by atoms with E-state index in [9.17, 15) is 8.78 Å². The number of hydrogen-bond donors (Lipinski definition) is 1. The van der Waals surface area contributed by atoms with Crippen molar-refractivity contribution in [1.29, 1.82) is 0 Å². The Morgan fingerprint density at radius 1 is 1.10 bits per heavy atom. The predicted octanol–water partition coefficient (Wildman–Crippen LogP) is 5.08. The van der Waals surface area contributed by atoms with Crippen molar-refractivity contribution in [3.63, 3.8) is 0 Å². The Hall–Kier alpha value is -0.960. The van der Waals surface area contributed by atoms with Crippen LogP contribution < -0.4 is 5.32 Å². The van der Waals surface area contributed by atoms with Crippen LogP contribution in [0.15, 0.2) is 18.2 Å². The summed E-state index contributed by atoms with van der Waals surface area (Å²) >= 11 is 0. The number of nitrogens with one attached hydrogen (secondary N) is 1. The summed E-state index contributed by atoms with van der Waals surface area (Å²) in [4.78, 5) is 0. The molecule has 1 nitrogen and oxygen atoms in total. The van der Waals surface area contributed by atoms with Crippen LogP contribution in [0.4, 0.5) is 8.78 Å². The Kier molecular flexibility index (Phi) is 5.74. The summed E-state index contributed by atoms with van der Waals surface area (Å²) in [7, 11) is 0. The smallest absolute Gasteiger partial charge is 0.126 e. The molecule has 3 heteroatoms. The third kappa shape index (κ3) is 4.26. The average molecular weight is 295 g/mol. The van der Waals surface area contributed by atoms with Crippen molar-refractivity contribution in [2.75, 3.05) is 6.54 Å². The lowest BCUT2D eigenvalue weighted by Crippen LogP contribution is -2.33. The summed E-state index contributed by atoms with van der Waals surface area (Å²) in [6.45, 7) is 7.59. The van der Waals surface area contributed by atoms with Gasteiger partial charge in [0.25, 0.3) is 0 Å². The molecule has 0 bridgehead atoms. The second kappa shape index (κ2) is 7.35. The van der Waals surface area contributed by atoms with E-state index >= 15 is 0 Å². The van der Waals surface area contributed by atoms with Gasteiger partial charge in [0, 0.05) is 12.1 Å². The maximum Gasteiger partial charge on any atom is 0.126 e. The highest BCUT2D eigenvalue weighted by molar-refractivity contribution is 5.22. The van der Waals surface area contributed by atoms with Gasteiger partial charge in [-0.2, -0.15) is 0 Å². The summed E-state index contributed by atoms with van der Waals surface area (Å²) in [6.07, 6.45) is 4.48. The van der Waals surface area contributed by atoms with Crippen LogP contribution in [0.2, 0.25) is 0 Å². The molecule has 21 heavy (non-hydrogen) atoms. The molecule has 2 rings (SSSR count). The summed E-state index contributed by atoms with van der Waals surface area (Å²) < 4.78 is 27.1. The lowest BCUT2D eigenvalue weighted by atomic mass is 9.72. The second-order valence-corrected chi connectivity index (χ2v) is 6.66. The van der Waals surface area contributed by atoms with E-state index in [2.05, 4.69) is 26.1 Å². The van der Waals surface area contributed by atoms with Crippen LogP contribution in [0, 0.1) is 29.4 Å². The number of halogens is 2. The van der Waals surface area contributed by atoms with E-state index in [-0.39, 0.29) is 6.04 Å². The third-order valence-electron chi connectivity index (χ3n) is 4.97. The van der Waals surface area contributed by atoms with Crippen molar-refractivity contribution in [3.05, 3.63) is 35.4 Å². The fourth-order valence-corrected chi connectivity index (χ4v) is 3.50. The average Bonchev–Trinajstić information content (AvgIpc) is 2.42. The molecular formula is C18H27F2N. The van der Waals surface area contributed by atoms with E-state index in [4.69, 9.17) is 0 Å². The monoisotopic (exact) mass is 295 g/mol.